The highest BCUT2D eigenvalue weighted by atomic mass is 35.5. The maximum absolute atomic E-state index is 13.3. The van der Waals surface area contributed by atoms with Crippen molar-refractivity contribution >= 4 is 81.2 Å². The molecule has 2 aliphatic carbocycles. The van der Waals surface area contributed by atoms with Gasteiger partial charge in [0.15, 0.2) is 0 Å². The molecule has 0 radical (unpaired) electrons. The van der Waals surface area contributed by atoms with Gasteiger partial charge < -0.3 is 30.3 Å². The van der Waals surface area contributed by atoms with Crippen LogP contribution in [0.4, 0.5) is 11.4 Å². The summed E-state index contributed by atoms with van der Waals surface area (Å²) in [6, 6.07) is 28.7. The average Bonchev–Trinajstić information content (AvgIpc) is 3.73. The van der Waals surface area contributed by atoms with Crippen LogP contribution in [0.1, 0.15) is 75.3 Å². The molecule has 8 rings (SSSR count). The van der Waals surface area contributed by atoms with Crippen LogP contribution in [0.2, 0.25) is 10.0 Å². The number of alkyl halides is 1. The van der Waals surface area contributed by atoms with Crippen molar-refractivity contribution in [2.75, 3.05) is 37.3 Å². The summed E-state index contributed by atoms with van der Waals surface area (Å²) in [7, 11) is 3.10. The lowest BCUT2D eigenvalue weighted by Gasteiger charge is -2.38. The van der Waals surface area contributed by atoms with Crippen molar-refractivity contribution in [1.82, 2.24) is 10.2 Å². The van der Waals surface area contributed by atoms with Crippen LogP contribution in [0, 0.1) is 0 Å². The number of methoxy groups -OCH3 is 2. The molecule has 2 heterocycles. The second-order valence-electron chi connectivity index (χ2n) is 15.0. The normalized spacial score (nSPS) is 17.2. The number of carbonyl (C=O) groups is 4. The summed E-state index contributed by atoms with van der Waals surface area (Å²) in [6.45, 7) is -0.0581. The van der Waals surface area contributed by atoms with Crippen molar-refractivity contribution in [2.45, 2.75) is 75.5 Å². The van der Waals surface area contributed by atoms with E-state index in [0.29, 0.717) is 44.3 Å². The predicted molar refractivity (Wildman–Crippen MR) is 241 cm³/mol. The largest absolute Gasteiger partial charge is 0.495 e. The van der Waals surface area contributed by atoms with E-state index in [0.717, 1.165) is 68.9 Å². The Balaban J connectivity index is 0.000000170. The molecule has 4 aromatic carbocycles. The quantitative estimate of drug-likeness (QED) is 0.143. The summed E-state index contributed by atoms with van der Waals surface area (Å²) < 4.78 is 10.3. The Morgan fingerprint density at radius 1 is 0.656 bits per heavy atom. The number of rotatable bonds is 9. The minimum absolute atomic E-state index is 0.0563. The van der Waals surface area contributed by atoms with Crippen LogP contribution < -0.4 is 25.4 Å². The van der Waals surface area contributed by atoms with E-state index in [-0.39, 0.29) is 41.7 Å². The van der Waals surface area contributed by atoms with Crippen molar-refractivity contribution in [1.29, 1.82) is 0 Å². The molecule has 0 unspecified atom stereocenters. The fourth-order valence-electron chi connectivity index (χ4n) is 7.90. The molecule has 0 aromatic heterocycles. The molecule has 2 spiro atoms. The molecule has 2 saturated carbocycles. The first-order chi connectivity index (χ1) is 29.5. The molecule has 4 aromatic rings. The Labute approximate surface area is 371 Å². The molecule has 3 N–H and O–H groups in total. The zero-order chi connectivity index (χ0) is 43.4. The number of anilines is 2. The van der Waals surface area contributed by atoms with Crippen LogP contribution >= 0.6 is 34.8 Å². The number of halogens is 3. The van der Waals surface area contributed by atoms with Gasteiger partial charge in [0.05, 0.1) is 25.6 Å². The summed E-state index contributed by atoms with van der Waals surface area (Å²) in [5.74, 6) is 0.355. The summed E-state index contributed by atoms with van der Waals surface area (Å²) in [5, 5.41) is 9.81. The van der Waals surface area contributed by atoms with Crippen molar-refractivity contribution < 1.29 is 28.7 Å². The molecule has 2 fully saturated rings. The highest BCUT2D eigenvalue weighted by Crippen LogP contribution is 2.40. The number of nitrogens with zero attached hydrogens (tertiary/aromatic N) is 3. The molecule has 2 aliphatic heterocycles. The van der Waals surface area contributed by atoms with Gasteiger partial charge in [0.1, 0.15) is 46.7 Å². The fourth-order valence-corrected chi connectivity index (χ4v) is 8.22. The highest BCUT2D eigenvalue weighted by Gasteiger charge is 2.48. The summed E-state index contributed by atoms with van der Waals surface area (Å²) >= 11 is 17.2. The fraction of sp³-hybridized carbons (Fsp3) is 0.348. The lowest BCUT2D eigenvalue weighted by molar-refractivity contribution is -0.134. The van der Waals surface area contributed by atoms with Crippen LogP contribution in [0.5, 0.6) is 11.5 Å². The van der Waals surface area contributed by atoms with Crippen LogP contribution in [-0.2, 0) is 19.2 Å². The molecule has 4 amide bonds. The number of carbonyl (C=O) groups excluding carboxylic acids is 4. The Morgan fingerprint density at radius 2 is 1.13 bits per heavy atom. The molecule has 61 heavy (non-hydrogen) atoms. The minimum Gasteiger partial charge on any atom is -0.495 e. The number of hydrogen-bond acceptors (Lipinski definition) is 8. The average molecular weight is 888 g/mol. The molecule has 4 aliphatic rings. The SMILES string of the molecule is COc1ccccc1NC(=O)CCl.COc1ccccc1NC(=O)CN1C(=O)C(c2ccc(Cl)cc2)=NC12CCCCC2.O=C1NC2(CCCCC2)N=C1c1ccc(Cl)cc1. The van der Waals surface area contributed by atoms with E-state index in [2.05, 4.69) is 20.9 Å². The summed E-state index contributed by atoms with van der Waals surface area (Å²) in [6.07, 6.45) is 10.0. The second kappa shape index (κ2) is 20.9. The van der Waals surface area contributed by atoms with Gasteiger partial charge >= 0.3 is 0 Å². The summed E-state index contributed by atoms with van der Waals surface area (Å²) in [4.78, 5) is 60.4. The van der Waals surface area contributed by atoms with Gasteiger partial charge in [-0.25, -0.2) is 0 Å². The first-order valence-electron chi connectivity index (χ1n) is 20.3. The number of nitrogens with one attached hydrogen (secondary N) is 3. The number of ether oxygens (including phenoxy) is 2. The van der Waals surface area contributed by atoms with E-state index in [9.17, 15) is 19.2 Å². The van der Waals surface area contributed by atoms with Gasteiger partial charge in [0.2, 0.25) is 11.8 Å². The minimum atomic E-state index is -0.650. The highest BCUT2D eigenvalue weighted by molar-refractivity contribution is 6.47. The lowest BCUT2D eigenvalue weighted by atomic mass is 9.88. The van der Waals surface area contributed by atoms with Crippen LogP contribution in [0.25, 0.3) is 0 Å². The van der Waals surface area contributed by atoms with Gasteiger partial charge in [-0.15, -0.1) is 11.6 Å². The van der Waals surface area contributed by atoms with E-state index in [1.54, 1.807) is 79.8 Å². The van der Waals surface area contributed by atoms with Gasteiger partial charge in [0, 0.05) is 21.2 Å². The standard InChI is InChI=1S/C23H24ClN3O3.C14H15ClN2O.C9H10ClNO2/c1-30-19-8-4-3-7-18(19)25-20(28)15-27-22(29)21(16-9-11-17(24)12-10-16)26-23(27)13-5-2-6-14-23;15-11-6-4-10(5-7-11)12-13(18)17-14(16-12)8-2-1-3-9-14;1-13-8-5-3-2-4-7(8)11-9(12)6-10/h3-4,7-12H,2,5-6,13-15H2,1H3,(H,25,28);4-7H,1-3,8-9H2,(H,17,18);2-5H,6H2,1H3,(H,11,12). The lowest BCUT2D eigenvalue weighted by Crippen LogP contribution is -2.51. The van der Waals surface area contributed by atoms with Crippen LogP contribution in [0.3, 0.4) is 0 Å². The Morgan fingerprint density at radius 3 is 1.64 bits per heavy atom. The van der Waals surface area contributed by atoms with Crippen molar-refractivity contribution in [3.05, 3.63) is 118 Å². The van der Waals surface area contributed by atoms with Gasteiger partial charge in [0.25, 0.3) is 11.8 Å². The maximum Gasteiger partial charge on any atom is 0.275 e. The zero-order valence-corrected chi connectivity index (χ0v) is 36.4. The second-order valence-corrected chi connectivity index (χ2v) is 16.2. The molecular formula is C46H49Cl3N6O6. The van der Waals surface area contributed by atoms with E-state index < -0.39 is 5.66 Å². The van der Waals surface area contributed by atoms with Crippen molar-refractivity contribution in [2.24, 2.45) is 9.98 Å². The van der Waals surface area contributed by atoms with E-state index in [1.165, 1.54) is 6.42 Å². The molecule has 0 saturated heterocycles. The first-order valence-corrected chi connectivity index (χ1v) is 21.6. The molecular weight excluding hydrogens is 839 g/mol. The number of hydrogen-bond donors (Lipinski definition) is 3. The Bertz CT molecular complexity index is 2250. The Hall–Kier alpha value is -5.43. The van der Waals surface area contributed by atoms with Gasteiger partial charge in [-0.05, 0) is 99.9 Å². The van der Waals surface area contributed by atoms with Crippen molar-refractivity contribution in [3.8, 4) is 11.5 Å². The predicted octanol–water partition coefficient (Wildman–Crippen LogP) is 9.07. The van der Waals surface area contributed by atoms with Crippen LogP contribution in [-0.4, -0.2) is 77.9 Å². The topological polar surface area (TPSA) is 151 Å². The maximum atomic E-state index is 13.3. The third-order valence-corrected chi connectivity index (χ3v) is 11.7. The van der Waals surface area contributed by atoms with Crippen LogP contribution in [0.15, 0.2) is 107 Å². The van der Waals surface area contributed by atoms with E-state index >= 15 is 0 Å². The molecule has 12 nitrogen and oxygen atoms in total. The van der Waals surface area contributed by atoms with Gasteiger partial charge in [-0.1, -0.05) is 84.6 Å². The van der Waals surface area contributed by atoms with E-state index in [4.69, 9.17) is 49.3 Å². The van der Waals surface area contributed by atoms with Crippen molar-refractivity contribution in [3.63, 3.8) is 0 Å². The number of para-hydroxylation sites is 4. The van der Waals surface area contributed by atoms with Gasteiger partial charge in [-0.3, -0.25) is 29.2 Å². The zero-order valence-electron chi connectivity index (χ0n) is 34.1. The first kappa shape index (κ1) is 45.1. The third-order valence-electron chi connectivity index (χ3n) is 10.9. The number of aliphatic imine (C=N–C) groups is 2. The molecule has 15 heteroatoms. The molecule has 0 atom stereocenters. The Kier molecular flexibility index (Phi) is 15.5. The summed E-state index contributed by atoms with van der Waals surface area (Å²) in [5.41, 5.74) is 2.75. The molecule has 320 valence electrons. The van der Waals surface area contributed by atoms with E-state index in [1.807, 2.05) is 36.4 Å². The molecule has 0 bridgehead atoms. The smallest absolute Gasteiger partial charge is 0.275 e. The monoisotopic (exact) mass is 886 g/mol. The number of amides is 4. The number of benzene rings is 4. The third kappa shape index (κ3) is 11.3. The van der Waals surface area contributed by atoms with Gasteiger partial charge in [-0.2, -0.15) is 0 Å².